The normalized spacial score (nSPS) is 13.3. The molecule has 0 spiro atoms. The Kier molecular flexibility index (Phi) is 5.83. The van der Waals surface area contributed by atoms with Crippen molar-refractivity contribution in [3.8, 4) is 6.07 Å². The Hall–Kier alpha value is -1.74. The van der Waals surface area contributed by atoms with E-state index in [1.807, 2.05) is 6.07 Å². The summed E-state index contributed by atoms with van der Waals surface area (Å²) < 4.78 is 4.74. The molecule has 0 fully saturated rings. The van der Waals surface area contributed by atoms with Crippen molar-refractivity contribution in [1.29, 1.82) is 5.26 Å². The van der Waals surface area contributed by atoms with Crippen molar-refractivity contribution < 1.29 is 9.53 Å². The molecule has 0 bridgehead atoms. The third-order valence-corrected chi connectivity index (χ3v) is 4.31. The second-order valence-electron chi connectivity index (χ2n) is 4.95. The zero-order valence-corrected chi connectivity index (χ0v) is 13.1. The Morgan fingerprint density at radius 3 is 2.70 bits per heavy atom. The molecule has 110 valence electrons. The molecular weight excluding hydrogens is 274 g/mol. The number of carbonyl (C=O) groups is 1. The lowest BCUT2D eigenvalue weighted by atomic mass is 10.0. The van der Waals surface area contributed by atoms with Crippen molar-refractivity contribution in [1.82, 2.24) is 0 Å². The predicted molar refractivity (Wildman–Crippen MR) is 81.9 cm³/mol. The molecule has 1 aromatic heterocycles. The number of ether oxygens (including phenoxy) is 1. The minimum absolute atomic E-state index is 0.193. The fourth-order valence-electron chi connectivity index (χ4n) is 1.99. The van der Waals surface area contributed by atoms with Crippen LogP contribution in [0.5, 0.6) is 0 Å². The lowest BCUT2D eigenvalue weighted by Gasteiger charge is -2.18. The molecule has 2 atom stereocenters. The van der Waals surface area contributed by atoms with Crippen LogP contribution in [0.25, 0.3) is 0 Å². The number of nitrogen functional groups attached to an aromatic ring is 1. The lowest BCUT2D eigenvalue weighted by molar-refractivity contribution is 0.0603. The van der Waals surface area contributed by atoms with Crippen molar-refractivity contribution in [3.63, 3.8) is 0 Å². The average molecular weight is 295 g/mol. The van der Waals surface area contributed by atoms with Gasteiger partial charge in [-0.15, -0.1) is 11.3 Å². The molecule has 1 heterocycles. The molecule has 0 saturated heterocycles. The average Bonchev–Trinajstić information content (AvgIpc) is 2.73. The van der Waals surface area contributed by atoms with Gasteiger partial charge < -0.3 is 15.8 Å². The van der Waals surface area contributed by atoms with Crippen molar-refractivity contribution in [2.75, 3.05) is 18.2 Å². The summed E-state index contributed by atoms with van der Waals surface area (Å²) in [7, 11) is 1.30. The van der Waals surface area contributed by atoms with Crippen molar-refractivity contribution >= 4 is 28.0 Å². The quantitative estimate of drug-likeness (QED) is 0.787. The fraction of sp³-hybridized carbons (Fsp3) is 0.571. The number of carbonyl (C=O) groups excluding carboxylic acids is 1. The van der Waals surface area contributed by atoms with Gasteiger partial charge in [0.2, 0.25) is 0 Å². The minimum atomic E-state index is -0.515. The number of nitriles is 1. The monoisotopic (exact) mass is 295 g/mol. The van der Waals surface area contributed by atoms with Gasteiger partial charge >= 0.3 is 5.97 Å². The highest BCUT2D eigenvalue weighted by molar-refractivity contribution is 7.17. The van der Waals surface area contributed by atoms with Gasteiger partial charge in [0.1, 0.15) is 21.5 Å². The number of nitrogens with one attached hydrogen (secondary N) is 1. The van der Waals surface area contributed by atoms with Crippen molar-refractivity contribution in [3.05, 3.63) is 10.4 Å². The first-order valence-electron chi connectivity index (χ1n) is 6.61. The Labute approximate surface area is 123 Å². The molecule has 1 aromatic rings. The molecule has 5 nitrogen and oxygen atoms in total. The Morgan fingerprint density at radius 2 is 2.20 bits per heavy atom. The van der Waals surface area contributed by atoms with Crippen LogP contribution in [0.15, 0.2) is 0 Å². The van der Waals surface area contributed by atoms with Gasteiger partial charge in [-0.25, -0.2) is 4.79 Å². The minimum Gasteiger partial charge on any atom is -0.465 e. The zero-order valence-electron chi connectivity index (χ0n) is 12.3. The Balaban J connectivity index is 3.00. The SMILES string of the molecule is CCC(C)CC(C)Nc1sc(C#N)c(N)c1C(=O)OC. The summed E-state index contributed by atoms with van der Waals surface area (Å²) in [6, 6.07) is 2.20. The van der Waals surface area contributed by atoms with E-state index in [0.29, 0.717) is 15.8 Å². The summed E-state index contributed by atoms with van der Waals surface area (Å²) in [6.07, 6.45) is 2.09. The van der Waals surface area contributed by atoms with Crippen LogP contribution in [-0.4, -0.2) is 19.1 Å². The maximum Gasteiger partial charge on any atom is 0.343 e. The number of esters is 1. The first kappa shape index (κ1) is 16.3. The molecule has 0 aliphatic carbocycles. The number of nitrogens with zero attached hydrogens (tertiary/aromatic N) is 1. The number of thiophene rings is 1. The maximum atomic E-state index is 11.8. The van der Waals surface area contributed by atoms with Crippen molar-refractivity contribution in [2.45, 2.75) is 39.7 Å². The number of hydrogen-bond donors (Lipinski definition) is 2. The molecule has 0 amide bonds. The first-order chi connectivity index (χ1) is 9.44. The first-order valence-corrected chi connectivity index (χ1v) is 7.43. The van der Waals surface area contributed by atoms with E-state index in [0.717, 1.165) is 12.8 Å². The molecule has 0 aromatic carbocycles. The molecule has 0 saturated carbocycles. The molecule has 0 radical (unpaired) electrons. The van der Waals surface area contributed by atoms with Gasteiger partial charge in [-0.1, -0.05) is 20.3 Å². The van der Waals surface area contributed by atoms with Gasteiger partial charge in [-0.2, -0.15) is 5.26 Å². The predicted octanol–water partition coefficient (Wildman–Crippen LogP) is 3.23. The highest BCUT2D eigenvalue weighted by Crippen LogP contribution is 2.36. The second-order valence-corrected chi connectivity index (χ2v) is 5.97. The Morgan fingerprint density at radius 1 is 1.55 bits per heavy atom. The molecule has 1 rings (SSSR count). The molecule has 0 aliphatic rings. The fourth-order valence-corrected chi connectivity index (χ4v) is 3.00. The summed E-state index contributed by atoms with van der Waals surface area (Å²) in [6.45, 7) is 6.38. The van der Waals surface area contributed by atoms with Crippen LogP contribution in [0.2, 0.25) is 0 Å². The number of hydrogen-bond acceptors (Lipinski definition) is 6. The van der Waals surface area contributed by atoms with Crippen LogP contribution >= 0.6 is 11.3 Å². The standard InChI is InChI=1S/C14H21N3O2S/c1-5-8(2)6-9(3)17-13-11(14(18)19-4)12(16)10(7-15)20-13/h8-9,17H,5-6,16H2,1-4H3. The number of anilines is 2. The summed E-state index contributed by atoms with van der Waals surface area (Å²) in [5.74, 6) is 0.0744. The van der Waals surface area contributed by atoms with Crippen LogP contribution in [0.3, 0.4) is 0 Å². The lowest BCUT2D eigenvalue weighted by Crippen LogP contribution is -2.19. The van der Waals surface area contributed by atoms with Gasteiger partial charge in [0.15, 0.2) is 0 Å². The topological polar surface area (TPSA) is 88.1 Å². The number of methoxy groups -OCH3 is 1. The highest BCUT2D eigenvalue weighted by Gasteiger charge is 2.23. The smallest absolute Gasteiger partial charge is 0.343 e. The van der Waals surface area contributed by atoms with E-state index in [-0.39, 0.29) is 17.3 Å². The van der Waals surface area contributed by atoms with E-state index in [2.05, 4.69) is 26.1 Å². The molecular formula is C14H21N3O2S. The van der Waals surface area contributed by atoms with Gasteiger partial charge in [0.25, 0.3) is 0 Å². The third-order valence-electron chi connectivity index (χ3n) is 3.27. The van der Waals surface area contributed by atoms with E-state index in [9.17, 15) is 4.79 Å². The molecule has 2 unspecified atom stereocenters. The van der Waals surface area contributed by atoms with E-state index in [4.69, 9.17) is 15.7 Å². The van der Waals surface area contributed by atoms with Crippen LogP contribution in [0.1, 0.15) is 48.8 Å². The highest BCUT2D eigenvalue weighted by atomic mass is 32.1. The van der Waals surface area contributed by atoms with Crippen LogP contribution in [0.4, 0.5) is 10.7 Å². The summed E-state index contributed by atoms with van der Waals surface area (Å²) in [5, 5.41) is 12.9. The summed E-state index contributed by atoms with van der Waals surface area (Å²) >= 11 is 1.19. The van der Waals surface area contributed by atoms with E-state index < -0.39 is 5.97 Å². The van der Waals surface area contributed by atoms with E-state index in [1.165, 1.54) is 18.4 Å². The molecule has 6 heteroatoms. The second kappa shape index (κ2) is 7.15. The van der Waals surface area contributed by atoms with Gasteiger partial charge in [0.05, 0.1) is 12.8 Å². The van der Waals surface area contributed by atoms with Gasteiger partial charge in [-0.3, -0.25) is 0 Å². The van der Waals surface area contributed by atoms with Gasteiger partial charge in [-0.05, 0) is 19.3 Å². The Bertz CT molecular complexity index is 519. The summed E-state index contributed by atoms with van der Waals surface area (Å²) in [4.78, 5) is 12.1. The number of nitrogens with two attached hydrogens (primary N) is 1. The molecule has 20 heavy (non-hydrogen) atoms. The van der Waals surface area contributed by atoms with Crippen LogP contribution in [0, 0.1) is 17.2 Å². The number of rotatable bonds is 6. The van der Waals surface area contributed by atoms with Crippen molar-refractivity contribution in [2.24, 2.45) is 5.92 Å². The van der Waals surface area contributed by atoms with Gasteiger partial charge in [0, 0.05) is 6.04 Å². The molecule has 3 N–H and O–H groups in total. The maximum absolute atomic E-state index is 11.8. The third kappa shape index (κ3) is 3.64. The largest absolute Gasteiger partial charge is 0.465 e. The molecule has 0 aliphatic heterocycles. The summed E-state index contributed by atoms with van der Waals surface area (Å²) in [5.41, 5.74) is 6.31. The van der Waals surface area contributed by atoms with Crippen LogP contribution in [-0.2, 0) is 4.74 Å². The zero-order chi connectivity index (χ0) is 15.3. The van der Waals surface area contributed by atoms with E-state index >= 15 is 0 Å². The van der Waals surface area contributed by atoms with Crippen LogP contribution < -0.4 is 11.1 Å². The van der Waals surface area contributed by atoms with E-state index in [1.54, 1.807) is 0 Å².